The average Bonchev–Trinajstić information content (AvgIpc) is 3.42. The Morgan fingerprint density at radius 2 is 0.457 bits per heavy atom. The zero-order valence-corrected chi connectivity index (χ0v) is 43.8. The van der Waals surface area contributed by atoms with E-state index in [1.807, 2.05) is 0 Å². The Hall–Kier alpha value is -7.02. The first-order valence-corrected chi connectivity index (χ1v) is 31.5. The van der Waals surface area contributed by atoms with Crippen LogP contribution >= 0.6 is 0 Å². The molecule has 342 valence electrons. The van der Waals surface area contributed by atoms with E-state index >= 15 is 0 Å². The fourth-order valence-electron chi connectivity index (χ4n) is 10.6. The Morgan fingerprint density at radius 3 is 0.686 bits per heavy atom. The van der Waals surface area contributed by atoms with Crippen molar-refractivity contribution in [3.63, 3.8) is 0 Å². The summed E-state index contributed by atoms with van der Waals surface area (Å²) in [7, 11) is 0. The molecule has 0 aromatic heterocycles. The summed E-state index contributed by atoms with van der Waals surface area (Å²) in [6.45, 7) is 9.26. The fourth-order valence-corrected chi connectivity index (χ4v) is 26.9. The minimum absolute atomic E-state index is 0.379. The van der Waals surface area contributed by atoms with Crippen molar-refractivity contribution in [2.45, 2.75) is 39.5 Å². The van der Waals surface area contributed by atoms with Crippen molar-refractivity contribution in [2.75, 3.05) is 0 Å². The van der Waals surface area contributed by atoms with Crippen LogP contribution in [0.3, 0.4) is 0 Å². The summed E-state index contributed by atoms with van der Waals surface area (Å²) < 4.78 is 11.2. The zero-order chi connectivity index (χ0) is 47.7. The normalized spacial score (nSPS) is 12.4. The predicted molar refractivity (Wildman–Crippen MR) is 308 cm³/mol. The Kier molecular flexibility index (Phi) is 12.6. The van der Waals surface area contributed by atoms with E-state index in [0.717, 1.165) is 0 Å². The molecule has 0 amide bonds. The molecule has 0 bridgehead atoms. The Balaban J connectivity index is 1.15. The third-order valence-electron chi connectivity index (χ3n) is 14.1. The molecule has 11 aromatic rings. The molecule has 70 heavy (non-hydrogen) atoms. The fraction of sp³-hybridized carbons (Fsp3) is 0.0882. The first kappa shape index (κ1) is 45.4. The van der Waals surface area contributed by atoms with E-state index in [9.17, 15) is 0 Å². The van der Waals surface area contributed by atoms with Crippen molar-refractivity contribution in [3.8, 4) is 22.3 Å². The molecule has 0 radical (unpaired) electrons. The number of benzene rings is 11. The molecule has 0 spiro atoms. The van der Waals surface area contributed by atoms with E-state index in [1.54, 1.807) is 0 Å². The third kappa shape index (κ3) is 7.87. The molecule has 0 unspecified atom stereocenters. The number of rotatable bonds is 12. The van der Waals surface area contributed by atoms with E-state index in [4.69, 9.17) is 0 Å². The SMILES string of the molecule is CC(C)c1ccc2c(-c3ccc([Se](c4ccccc4)(c4ccccc4)c4ccccc4)cc3)c3cc(C(C)C)ccc3c(-c3ccc([Se](c4ccccc4)(c4ccccc4)c4ccccc4)cc3)c2c1. The van der Waals surface area contributed by atoms with E-state index in [2.05, 4.69) is 295 Å². The first-order chi connectivity index (χ1) is 34.4. The van der Waals surface area contributed by atoms with Crippen LogP contribution < -0.4 is 35.7 Å². The monoisotopic (exact) mass is 1030 g/mol. The molecule has 11 rings (SSSR count). The molecule has 0 saturated carbocycles. The molecule has 0 saturated heterocycles. The molecule has 2 heteroatoms. The van der Waals surface area contributed by atoms with Gasteiger partial charge in [0.1, 0.15) is 0 Å². The number of hydrogen-bond acceptors (Lipinski definition) is 0. The van der Waals surface area contributed by atoms with Gasteiger partial charge in [-0.3, -0.25) is 0 Å². The molecule has 0 N–H and O–H groups in total. The van der Waals surface area contributed by atoms with E-state index < -0.39 is 25.7 Å². The van der Waals surface area contributed by atoms with Gasteiger partial charge in [0.15, 0.2) is 0 Å². The number of fused-ring (bicyclic) bond motifs is 2. The summed E-state index contributed by atoms with van der Waals surface area (Å²) in [6, 6.07) is 102. The van der Waals surface area contributed by atoms with Crippen LogP contribution in [0.2, 0.25) is 0 Å². The van der Waals surface area contributed by atoms with E-state index in [-0.39, 0.29) is 0 Å². The van der Waals surface area contributed by atoms with Crippen molar-refractivity contribution >= 4 is 82.9 Å². The van der Waals surface area contributed by atoms with Gasteiger partial charge in [0.05, 0.1) is 0 Å². The van der Waals surface area contributed by atoms with Crippen LogP contribution in [-0.4, -0.2) is 25.7 Å². The van der Waals surface area contributed by atoms with Gasteiger partial charge >= 0.3 is 423 Å². The molecule has 0 aliphatic rings. The molecule has 0 nitrogen and oxygen atoms in total. The quantitative estimate of drug-likeness (QED) is 0.0845. The molecule has 0 aliphatic heterocycles. The third-order valence-corrected chi connectivity index (χ3v) is 30.5. The Labute approximate surface area is 419 Å². The van der Waals surface area contributed by atoms with Gasteiger partial charge in [-0.2, -0.15) is 0 Å². The summed E-state index contributed by atoms with van der Waals surface area (Å²) in [5, 5.41) is 5.16. The average molecular weight is 1030 g/mol. The van der Waals surface area contributed by atoms with Crippen LogP contribution in [0.25, 0.3) is 43.8 Å². The van der Waals surface area contributed by atoms with Crippen LogP contribution in [0.4, 0.5) is 0 Å². The standard InChI is InChI=1S/C68H58Se2/c1-49(2)53-39-45-63-65(47-53)67(51-35-41-61(42-36-51)69(55-23-11-5-12-24-55,56-25-13-6-14-26-56)57-27-15-7-16-28-57)64-46-40-54(50(3)4)48-66(64)68(63)52-37-43-62(44-38-52)70(58-29-17-8-18-30-58,59-31-19-9-20-32-59)60-33-21-10-22-34-60/h5-50H,1-4H3. The van der Waals surface area contributed by atoms with E-state index in [0.29, 0.717) is 11.8 Å². The Bertz CT molecular complexity index is 3100. The van der Waals surface area contributed by atoms with Crippen LogP contribution in [0.1, 0.15) is 50.7 Å². The molecule has 0 fully saturated rings. The van der Waals surface area contributed by atoms with Crippen molar-refractivity contribution in [1.82, 2.24) is 0 Å². The van der Waals surface area contributed by atoms with Crippen LogP contribution in [-0.2, 0) is 0 Å². The van der Waals surface area contributed by atoms with Crippen LogP contribution in [0, 0.1) is 0 Å². The first-order valence-electron chi connectivity index (χ1n) is 24.6. The molecule has 0 heterocycles. The summed E-state index contributed by atoms with van der Waals surface area (Å²) >= 11 is -5.96. The summed E-state index contributed by atoms with van der Waals surface area (Å²) in [4.78, 5) is 0. The van der Waals surface area contributed by atoms with Crippen molar-refractivity contribution in [1.29, 1.82) is 0 Å². The minimum atomic E-state index is -2.98. The van der Waals surface area contributed by atoms with Gasteiger partial charge in [0, 0.05) is 0 Å². The maximum absolute atomic E-state index is 2.98. The van der Waals surface area contributed by atoms with Crippen molar-refractivity contribution < 1.29 is 0 Å². The predicted octanol–water partition coefficient (Wildman–Crippen LogP) is 12.3. The number of hydrogen-bond donors (Lipinski definition) is 0. The van der Waals surface area contributed by atoms with Gasteiger partial charge in [-0.25, -0.2) is 0 Å². The van der Waals surface area contributed by atoms with Crippen LogP contribution in [0.15, 0.2) is 267 Å². The van der Waals surface area contributed by atoms with Gasteiger partial charge < -0.3 is 0 Å². The van der Waals surface area contributed by atoms with Gasteiger partial charge in [-0.15, -0.1) is 0 Å². The zero-order valence-electron chi connectivity index (χ0n) is 40.4. The molecule has 11 aromatic carbocycles. The second-order valence-electron chi connectivity index (χ2n) is 18.8. The van der Waals surface area contributed by atoms with Crippen LogP contribution in [0.5, 0.6) is 0 Å². The molecule has 0 aliphatic carbocycles. The van der Waals surface area contributed by atoms with Gasteiger partial charge in [0.25, 0.3) is 0 Å². The topological polar surface area (TPSA) is 0 Å². The molecular formula is C68H58Se2. The van der Waals surface area contributed by atoms with E-state index in [1.165, 1.54) is 90.6 Å². The second kappa shape index (κ2) is 19.4. The van der Waals surface area contributed by atoms with Crippen molar-refractivity contribution in [2.24, 2.45) is 0 Å². The van der Waals surface area contributed by atoms with Gasteiger partial charge in [-0.1, -0.05) is 0 Å². The molecular weight excluding hydrogens is 975 g/mol. The van der Waals surface area contributed by atoms with Crippen molar-refractivity contribution in [3.05, 3.63) is 278 Å². The summed E-state index contributed by atoms with van der Waals surface area (Å²) in [5.74, 6) is 0.757. The molecule has 0 atom stereocenters. The summed E-state index contributed by atoms with van der Waals surface area (Å²) in [6.07, 6.45) is 0. The maximum atomic E-state index is 2.49. The summed E-state index contributed by atoms with van der Waals surface area (Å²) in [5.41, 5.74) is 7.77. The second-order valence-corrected chi connectivity index (χ2v) is 31.9. The Morgan fingerprint density at radius 1 is 0.229 bits per heavy atom. The van der Waals surface area contributed by atoms with Gasteiger partial charge in [-0.05, 0) is 0 Å². The van der Waals surface area contributed by atoms with Gasteiger partial charge in [0.2, 0.25) is 0 Å².